The van der Waals surface area contributed by atoms with E-state index >= 15 is 0 Å². The highest BCUT2D eigenvalue weighted by Crippen LogP contribution is 2.37. The number of nitriles is 1. The van der Waals surface area contributed by atoms with Gasteiger partial charge in [-0.2, -0.15) is 5.26 Å². The molecule has 35 heavy (non-hydrogen) atoms. The Kier molecular flexibility index (Phi) is 6.59. The molecule has 178 valence electrons. The Morgan fingerprint density at radius 2 is 1.80 bits per heavy atom. The number of nitrogens with zero attached hydrogens (tertiary/aromatic N) is 4. The summed E-state index contributed by atoms with van der Waals surface area (Å²) in [6.07, 6.45) is 4.72. The SMILES string of the molecule is COc1ccc(Cc2nc3c(c(-c4ccc(OC5CCOCC5)c(C#N)c4)n2)N=CC3)cc1OC. The highest BCUT2D eigenvalue weighted by atomic mass is 16.5. The van der Waals surface area contributed by atoms with E-state index in [1.807, 2.05) is 42.6 Å². The molecule has 2 aromatic carbocycles. The molecule has 1 saturated heterocycles. The minimum Gasteiger partial charge on any atom is -0.493 e. The summed E-state index contributed by atoms with van der Waals surface area (Å²) >= 11 is 0. The number of aliphatic imine (C=N–C) groups is 1. The molecule has 3 aromatic rings. The van der Waals surface area contributed by atoms with Gasteiger partial charge in [-0.15, -0.1) is 0 Å². The van der Waals surface area contributed by atoms with E-state index in [0.717, 1.165) is 35.3 Å². The van der Waals surface area contributed by atoms with Gasteiger partial charge in [-0.05, 0) is 35.9 Å². The molecule has 8 heteroatoms. The fourth-order valence-electron chi connectivity index (χ4n) is 4.35. The molecule has 1 aromatic heterocycles. The minimum atomic E-state index is 0.0580. The lowest BCUT2D eigenvalue weighted by Crippen LogP contribution is -2.26. The summed E-state index contributed by atoms with van der Waals surface area (Å²) in [5.74, 6) is 2.60. The van der Waals surface area contributed by atoms with Gasteiger partial charge >= 0.3 is 0 Å². The van der Waals surface area contributed by atoms with Crippen molar-refractivity contribution >= 4 is 11.9 Å². The highest BCUT2D eigenvalue weighted by Gasteiger charge is 2.21. The Morgan fingerprint density at radius 1 is 1.00 bits per heavy atom. The number of hydrogen-bond donors (Lipinski definition) is 0. The zero-order valence-corrected chi connectivity index (χ0v) is 19.8. The van der Waals surface area contributed by atoms with Crippen LogP contribution < -0.4 is 14.2 Å². The predicted molar refractivity (Wildman–Crippen MR) is 131 cm³/mol. The second-order valence-electron chi connectivity index (χ2n) is 8.42. The second kappa shape index (κ2) is 10.1. The van der Waals surface area contributed by atoms with E-state index < -0.39 is 0 Å². The molecule has 0 spiro atoms. The van der Waals surface area contributed by atoms with E-state index in [9.17, 15) is 5.26 Å². The van der Waals surface area contributed by atoms with E-state index in [0.29, 0.717) is 60.4 Å². The molecular weight excluding hydrogens is 444 g/mol. The molecule has 0 radical (unpaired) electrons. The molecule has 0 atom stereocenters. The van der Waals surface area contributed by atoms with E-state index in [-0.39, 0.29) is 6.10 Å². The summed E-state index contributed by atoms with van der Waals surface area (Å²) in [6, 6.07) is 13.7. The Hall–Kier alpha value is -3.96. The van der Waals surface area contributed by atoms with Crippen LogP contribution in [0.25, 0.3) is 11.3 Å². The molecule has 8 nitrogen and oxygen atoms in total. The zero-order valence-electron chi connectivity index (χ0n) is 19.8. The first-order valence-electron chi connectivity index (χ1n) is 11.6. The number of ether oxygens (including phenoxy) is 4. The first-order valence-corrected chi connectivity index (χ1v) is 11.6. The Labute approximate surface area is 204 Å². The van der Waals surface area contributed by atoms with Crippen LogP contribution in [0, 0.1) is 11.3 Å². The van der Waals surface area contributed by atoms with Gasteiger partial charge in [0, 0.05) is 37.5 Å². The number of methoxy groups -OCH3 is 2. The van der Waals surface area contributed by atoms with E-state index in [1.54, 1.807) is 14.2 Å². The van der Waals surface area contributed by atoms with Crippen LogP contribution >= 0.6 is 0 Å². The lowest BCUT2D eigenvalue weighted by molar-refractivity contribution is 0.0254. The van der Waals surface area contributed by atoms with E-state index in [2.05, 4.69) is 11.1 Å². The summed E-state index contributed by atoms with van der Waals surface area (Å²) < 4.78 is 22.3. The molecule has 3 heterocycles. The van der Waals surface area contributed by atoms with E-state index in [1.165, 1.54) is 0 Å². The van der Waals surface area contributed by atoms with E-state index in [4.69, 9.17) is 28.9 Å². The first-order chi connectivity index (χ1) is 17.2. The molecule has 2 aliphatic rings. The Bertz CT molecular complexity index is 1310. The molecule has 0 aliphatic carbocycles. The van der Waals surface area contributed by atoms with Crippen LogP contribution in [0.3, 0.4) is 0 Å². The molecule has 0 unspecified atom stereocenters. The van der Waals surface area contributed by atoms with Crippen molar-refractivity contribution in [2.24, 2.45) is 4.99 Å². The third-order valence-electron chi connectivity index (χ3n) is 6.15. The van der Waals surface area contributed by atoms with Gasteiger partial charge in [0.2, 0.25) is 0 Å². The lowest BCUT2D eigenvalue weighted by atomic mass is 10.0. The van der Waals surface area contributed by atoms with Crippen LogP contribution in [-0.4, -0.2) is 49.7 Å². The van der Waals surface area contributed by atoms with Gasteiger partial charge in [-0.25, -0.2) is 9.97 Å². The molecule has 0 bridgehead atoms. The summed E-state index contributed by atoms with van der Waals surface area (Å²) in [5.41, 5.74) is 4.64. The minimum absolute atomic E-state index is 0.0580. The quantitative estimate of drug-likeness (QED) is 0.503. The molecule has 1 fully saturated rings. The zero-order chi connectivity index (χ0) is 24.2. The molecule has 0 N–H and O–H groups in total. The third kappa shape index (κ3) is 4.81. The maximum Gasteiger partial charge on any atom is 0.161 e. The summed E-state index contributed by atoms with van der Waals surface area (Å²) in [7, 11) is 3.23. The number of benzene rings is 2. The number of hydrogen-bond acceptors (Lipinski definition) is 8. The number of rotatable bonds is 7. The summed E-state index contributed by atoms with van der Waals surface area (Å²) in [6.45, 7) is 1.36. The Balaban J connectivity index is 1.47. The number of fused-ring (bicyclic) bond motifs is 1. The van der Waals surface area contributed by atoms with Crippen molar-refractivity contribution in [2.45, 2.75) is 31.8 Å². The largest absolute Gasteiger partial charge is 0.493 e. The maximum atomic E-state index is 9.82. The van der Waals surface area contributed by atoms with Crippen LogP contribution in [-0.2, 0) is 17.6 Å². The average Bonchev–Trinajstić information content (AvgIpc) is 3.38. The van der Waals surface area contributed by atoms with Crippen LogP contribution in [0.4, 0.5) is 5.69 Å². The van der Waals surface area contributed by atoms with Crippen LogP contribution in [0.2, 0.25) is 0 Å². The summed E-state index contributed by atoms with van der Waals surface area (Å²) in [5, 5.41) is 9.82. The van der Waals surface area contributed by atoms with Crippen molar-refractivity contribution in [3.63, 3.8) is 0 Å². The van der Waals surface area contributed by atoms with Crippen LogP contribution in [0.15, 0.2) is 41.4 Å². The van der Waals surface area contributed by atoms with Gasteiger partial charge in [0.05, 0.1) is 44.4 Å². The van der Waals surface area contributed by atoms with Crippen molar-refractivity contribution in [3.8, 4) is 34.6 Å². The monoisotopic (exact) mass is 470 g/mol. The highest BCUT2D eigenvalue weighted by molar-refractivity contribution is 5.84. The van der Waals surface area contributed by atoms with Gasteiger partial charge in [-0.1, -0.05) is 6.07 Å². The molecule has 0 amide bonds. The summed E-state index contributed by atoms with van der Waals surface area (Å²) in [4.78, 5) is 14.2. The second-order valence-corrected chi connectivity index (χ2v) is 8.42. The van der Waals surface area contributed by atoms with Gasteiger partial charge in [0.1, 0.15) is 29.4 Å². The fraction of sp³-hybridized carbons (Fsp3) is 0.333. The molecule has 5 rings (SSSR count). The van der Waals surface area contributed by atoms with Crippen molar-refractivity contribution in [3.05, 3.63) is 59.0 Å². The maximum absolute atomic E-state index is 9.82. The van der Waals surface area contributed by atoms with Crippen molar-refractivity contribution in [1.29, 1.82) is 5.26 Å². The molecule has 2 aliphatic heterocycles. The van der Waals surface area contributed by atoms with Gasteiger partial charge < -0.3 is 18.9 Å². The molecule has 0 saturated carbocycles. The standard InChI is InChI=1S/C27H26N4O4/c1-32-23-5-3-17(13-24(23)33-2)14-25-30-21-7-10-29-27(21)26(31-25)18-4-6-22(19(15-18)16-28)35-20-8-11-34-12-9-20/h3-6,10,13,15,20H,7-9,11-12,14H2,1-2H3. The third-order valence-corrected chi connectivity index (χ3v) is 6.15. The lowest BCUT2D eigenvalue weighted by Gasteiger charge is -2.24. The predicted octanol–water partition coefficient (Wildman–Crippen LogP) is 4.44. The molecular formula is C27H26N4O4. The van der Waals surface area contributed by atoms with Crippen LogP contribution in [0.5, 0.6) is 17.2 Å². The van der Waals surface area contributed by atoms with Crippen molar-refractivity contribution < 1.29 is 18.9 Å². The normalized spacial score (nSPS) is 14.9. The number of aromatic nitrogens is 2. The smallest absolute Gasteiger partial charge is 0.161 e. The van der Waals surface area contributed by atoms with Crippen molar-refractivity contribution in [2.75, 3.05) is 27.4 Å². The van der Waals surface area contributed by atoms with Gasteiger partial charge in [0.25, 0.3) is 0 Å². The first kappa shape index (κ1) is 22.8. The van der Waals surface area contributed by atoms with Crippen molar-refractivity contribution in [1.82, 2.24) is 9.97 Å². The van der Waals surface area contributed by atoms with Gasteiger partial charge in [0.15, 0.2) is 11.5 Å². The van der Waals surface area contributed by atoms with Crippen LogP contribution in [0.1, 0.15) is 35.5 Å². The topological polar surface area (TPSA) is 98.9 Å². The Morgan fingerprint density at radius 3 is 2.57 bits per heavy atom. The fourth-order valence-corrected chi connectivity index (χ4v) is 4.35. The van der Waals surface area contributed by atoms with Gasteiger partial charge in [-0.3, -0.25) is 4.99 Å². The average molecular weight is 471 g/mol.